The van der Waals surface area contributed by atoms with Crippen LogP contribution in [0.15, 0.2) is 18.2 Å². The van der Waals surface area contributed by atoms with Crippen LogP contribution in [-0.2, 0) is 9.59 Å². The van der Waals surface area contributed by atoms with E-state index in [1.165, 1.54) is 0 Å². The number of carbonyl (C=O) groups excluding carboxylic acids is 2. The SMILES string of the molecule is CNCCC(=O)Nc1cc(NC(=O)C(C)C)ccc1C.Cl. The molecule has 118 valence electrons. The molecular weight excluding hydrogens is 290 g/mol. The largest absolute Gasteiger partial charge is 0.326 e. The first-order valence-corrected chi connectivity index (χ1v) is 6.80. The number of hydrogen-bond donors (Lipinski definition) is 3. The molecule has 0 heterocycles. The number of carbonyl (C=O) groups is 2. The average Bonchev–Trinajstić information content (AvgIpc) is 2.40. The van der Waals surface area contributed by atoms with Crippen molar-refractivity contribution < 1.29 is 9.59 Å². The van der Waals surface area contributed by atoms with Crippen LogP contribution in [0, 0.1) is 12.8 Å². The molecule has 3 N–H and O–H groups in total. The predicted octanol–water partition coefficient (Wildman–Crippen LogP) is 2.56. The number of nitrogens with one attached hydrogen (secondary N) is 3. The summed E-state index contributed by atoms with van der Waals surface area (Å²) in [5.74, 6) is -0.166. The normalized spacial score (nSPS) is 9.95. The molecule has 0 fully saturated rings. The number of amides is 2. The van der Waals surface area contributed by atoms with Gasteiger partial charge in [-0.25, -0.2) is 0 Å². The number of anilines is 2. The molecule has 0 spiro atoms. The molecule has 0 unspecified atom stereocenters. The van der Waals surface area contributed by atoms with Crippen molar-refractivity contribution >= 4 is 35.6 Å². The van der Waals surface area contributed by atoms with Crippen LogP contribution in [0.25, 0.3) is 0 Å². The molecule has 1 aromatic carbocycles. The van der Waals surface area contributed by atoms with Gasteiger partial charge in [-0.05, 0) is 31.7 Å². The van der Waals surface area contributed by atoms with Gasteiger partial charge in [0, 0.05) is 30.3 Å². The Hall–Kier alpha value is -1.59. The van der Waals surface area contributed by atoms with E-state index in [0.717, 1.165) is 11.3 Å². The maximum absolute atomic E-state index is 11.7. The third-order valence-electron chi connectivity index (χ3n) is 2.91. The van der Waals surface area contributed by atoms with Crippen molar-refractivity contribution in [2.75, 3.05) is 24.2 Å². The van der Waals surface area contributed by atoms with Gasteiger partial charge in [-0.3, -0.25) is 9.59 Å². The monoisotopic (exact) mass is 313 g/mol. The van der Waals surface area contributed by atoms with Crippen LogP contribution in [0.2, 0.25) is 0 Å². The molecule has 0 radical (unpaired) electrons. The number of halogens is 1. The van der Waals surface area contributed by atoms with Gasteiger partial charge in [-0.15, -0.1) is 12.4 Å². The lowest BCUT2D eigenvalue weighted by atomic mass is 10.1. The predicted molar refractivity (Wildman–Crippen MR) is 89.1 cm³/mol. The van der Waals surface area contributed by atoms with Gasteiger partial charge in [0.25, 0.3) is 0 Å². The van der Waals surface area contributed by atoms with E-state index in [1.807, 2.05) is 32.9 Å². The molecule has 1 aromatic rings. The maximum Gasteiger partial charge on any atom is 0.226 e. The lowest BCUT2D eigenvalue weighted by molar-refractivity contribution is -0.119. The summed E-state index contributed by atoms with van der Waals surface area (Å²) in [7, 11) is 1.81. The minimum atomic E-state index is -0.0787. The molecule has 1 rings (SSSR count). The third kappa shape index (κ3) is 6.60. The highest BCUT2D eigenvalue weighted by molar-refractivity contribution is 5.95. The smallest absolute Gasteiger partial charge is 0.226 e. The van der Waals surface area contributed by atoms with Crippen LogP contribution in [0.3, 0.4) is 0 Å². The Labute approximate surface area is 132 Å². The zero-order valence-corrected chi connectivity index (χ0v) is 13.8. The van der Waals surface area contributed by atoms with E-state index in [4.69, 9.17) is 0 Å². The minimum Gasteiger partial charge on any atom is -0.326 e. The van der Waals surface area contributed by atoms with Crippen molar-refractivity contribution in [3.05, 3.63) is 23.8 Å². The molecule has 0 bridgehead atoms. The van der Waals surface area contributed by atoms with Gasteiger partial charge in [0.15, 0.2) is 0 Å². The van der Waals surface area contributed by atoms with E-state index < -0.39 is 0 Å². The number of aryl methyl sites for hydroxylation is 1. The van der Waals surface area contributed by atoms with Crippen LogP contribution in [0.4, 0.5) is 11.4 Å². The van der Waals surface area contributed by atoms with E-state index in [1.54, 1.807) is 13.1 Å². The number of rotatable bonds is 6. The molecule has 0 saturated heterocycles. The van der Waals surface area contributed by atoms with Crippen LogP contribution in [-0.4, -0.2) is 25.4 Å². The van der Waals surface area contributed by atoms with Gasteiger partial charge < -0.3 is 16.0 Å². The summed E-state index contributed by atoms with van der Waals surface area (Å²) in [4.78, 5) is 23.4. The van der Waals surface area contributed by atoms with E-state index in [2.05, 4.69) is 16.0 Å². The van der Waals surface area contributed by atoms with Crippen molar-refractivity contribution in [3.63, 3.8) is 0 Å². The van der Waals surface area contributed by atoms with Crippen molar-refractivity contribution in [1.29, 1.82) is 0 Å². The van der Waals surface area contributed by atoms with Crippen LogP contribution in [0.5, 0.6) is 0 Å². The summed E-state index contributed by atoms with van der Waals surface area (Å²) in [6.45, 7) is 6.23. The highest BCUT2D eigenvalue weighted by Crippen LogP contribution is 2.21. The second-order valence-electron chi connectivity index (χ2n) is 5.08. The maximum atomic E-state index is 11.7. The lowest BCUT2D eigenvalue weighted by Crippen LogP contribution is -2.20. The van der Waals surface area contributed by atoms with E-state index >= 15 is 0 Å². The summed E-state index contributed by atoms with van der Waals surface area (Å²) in [5, 5.41) is 8.61. The number of benzene rings is 1. The third-order valence-corrected chi connectivity index (χ3v) is 2.91. The fourth-order valence-corrected chi connectivity index (χ4v) is 1.57. The molecule has 0 aliphatic rings. The fraction of sp³-hybridized carbons (Fsp3) is 0.467. The zero-order chi connectivity index (χ0) is 15.1. The van der Waals surface area contributed by atoms with Gasteiger partial charge in [-0.1, -0.05) is 19.9 Å². The Kier molecular flexibility index (Phi) is 8.66. The first-order valence-electron chi connectivity index (χ1n) is 6.80. The molecule has 0 aromatic heterocycles. The van der Waals surface area contributed by atoms with Gasteiger partial charge in [0.1, 0.15) is 0 Å². The second-order valence-corrected chi connectivity index (χ2v) is 5.08. The van der Waals surface area contributed by atoms with Crippen LogP contribution in [0.1, 0.15) is 25.8 Å². The Bertz CT molecular complexity index is 490. The summed E-state index contributed by atoms with van der Waals surface area (Å²) in [6.07, 6.45) is 0.415. The standard InChI is InChI=1S/C15H23N3O2.ClH/c1-10(2)15(20)17-12-6-5-11(3)13(9-12)18-14(19)7-8-16-4;/h5-6,9-10,16H,7-8H2,1-4H3,(H,17,20)(H,18,19);1H. The molecule has 0 aliphatic carbocycles. The molecule has 2 amide bonds. The lowest BCUT2D eigenvalue weighted by Gasteiger charge is -2.12. The average molecular weight is 314 g/mol. The Morgan fingerprint density at radius 2 is 1.86 bits per heavy atom. The molecule has 0 atom stereocenters. The molecule has 6 heteroatoms. The topological polar surface area (TPSA) is 70.2 Å². The number of hydrogen-bond acceptors (Lipinski definition) is 3. The van der Waals surface area contributed by atoms with E-state index in [0.29, 0.717) is 18.7 Å². The first kappa shape index (κ1) is 19.4. The summed E-state index contributed by atoms with van der Waals surface area (Å²) in [5.41, 5.74) is 2.39. The molecule has 5 nitrogen and oxygen atoms in total. The molecule has 0 saturated carbocycles. The Morgan fingerprint density at radius 1 is 1.19 bits per heavy atom. The Balaban J connectivity index is 0.00000400. The van der Waals surface area contributed by atoms with Crippen LogP contribution >= 0.6 is 12.4 Å². The van der Waals surface area contributed by atoms with E-state index in [-0.39, 0.29) is 30.1 Å². The fourth-order valence-electron chi connectivity index (χ4n) is 1.57. The quantitative estimate of drug-likeness (QED) is 0.756. The second kappa shape index (κ2) is 9.37. The van der Waals surface area contributed by atoms with Crippen molar-refractivity contribution in [2.45, 2.75) is 27.2 Å². The van der Waals surface area contributed by atoms with Gasteiger partial charge >= 0.3 is 0 Å². The molecular formula is C15H24ClN3O2. The summed E-state index contributed by atoms with van der Waals surface area (Å²) in [6, 6.07) is 5.50. The Morgan fingerprint density at radius 3 is 2.43 bits per heavy atom. The van der Waals surface area contributed by atoms with Gasteiger partial charge in [0.2, 0.25) is 11.8 Å². The summed E-state index contributed by atoms with van der Waals surface area (Å²) >= 11 is 0. The molecule has 21 heavy (non-hydrogen) atoms. The molecule has 0 aliphatic heterocycles. The van der Waals surface area contributed by atoms with Gasteiger partial charge in [0.05, 0.1) is 0 Å². The van der Waals surface area contributed by atoms with Gasteiger partial charge in [-0.2, -0.15) is 0 Å². The highest BCUT2D eigenvalue weighted by Gasteiger charge is 2.09. The van der Waals surface area contributed by atoms with Crippen molar-refractivity contribution in [3.8, 4) is 0 Å². The highest BCUT2D eigenvalue weighted by atomic mass is 35.5. The minimum absolute atomic E-state index is 0. The van der Waals surface area contributed by atoms with Crippen LogP contribution < -0.4 is 16.0 Å². The van der Waals surface area contributed by atoms with E-state index in [9.17, 15) is 9.59 Å². The summed E-state index contributed by atoms with van der Waals surface area (Å²) < 4.78 is 0. The van der Waals surface area contributed by atoms with Crippen molar-refractivity contribution in [2.24, 2.45) is 5.92 Å². The first-order chi connectivity index (χ1) is 9.43. The van der Waals surface area contributed by atoms with Crippen molar-refractivity contribution in [1.82, 2.24) is 5.32 Å². The zero-order valence-electron chi connectivity index (χ0n) is 12.9.